The Balaban J connectivity index is 1.34. The standard InChI is InChI=1S/C27H36N2O5/c1-19-24(17-29-12-10-27(11-13-29)31-14-15-32-27)33-26(23-8-2-20(16-28)3-9-23)34-25(19)22-6-4-21(18-30)5-7-22/h2-9,19,24-26,30H,10-18,28H2,1H3/t19-,24+,25+,26?/m0/s1. The molecule has 184 valence electrons. The molecule has 1 spiro atoms. The van der Waals surface area contributed by atoms with Crippen molar-refractivity contribution in [1.29, 1.82) is 0 Å². The molecule has 0 amide bonds. The van der Waals surface area contributed by atoms with Gasteiger partial charge >= 0.3 is 0 Å². The molecule has 2 aromatic carbocycles. The third-order valence-electron chi connectivity index (χ3n) is 7.48. The number of likely N-dealkylation sites (tertiary alicyclic amines) is 1. The first-order valence-electron chi connectivity index (χ1n) is 12.4. The van der Waals surface area contributed by atoms with E-state index in [0.717, 1.165) is 54.7 Å². The molecule has 3 fully saturated rings. The Morgan fingerprint density at radius 3 is 2.15 bits per heavy atom. The van der Waals surface area contributed by atoms with Gasteiger partial charge in [0.25, 0.3) is 0 Å². The Morgan fingerprint density at radius 2 is 1.53 bits per heavy atom. The van der Waals surface area contributed by atoms with E-state index in [9.17, 15) is 5.11 Å². The fourth-order valence-electron chi connectivity index (χ4n) is 5.26. The van der Waals surface area contributed by atoms with Gasteiger partial charge in [-0.25, -0.2) is 0 Å². The van der Waals surface area contributed by atoms with Gasteiger partial charge in [0, 0.05) is 50.5 Å². The number of nitrogens with two attached hydrogens (primary N) is 1. The zero-order valence-electron chi connectivity index (χ0n) is 19.9. The van der Waals surface area contributed by atoms with Crippen LogP contribution in [0.1, 0.15) is 54.4 Å². The van der Waals surface area contributed by atoms with Crippen LogP contribution in [0.3, 0.4) is 0 Å². The summed E-state index contributed by atoms with van der Waals surface area (Å²) in [6, 6.07) is 16.2. The number of aliphatic hydroxyl groups is 1. The van der Waals surface area contributed by atoms with E-state index in [1.165, 1.54) is 0 Å². The second kappa shape index (κ2) is 10.4. The van der Waals surface area contributed by atoms with Crippen LogP contribution in [0.4, 0.5) is 0 Å². The molecule has 0 saturated carbocycles. The molecular formula is C27H36N2O5. The predicted molar refractivity (Wildman–Crippen MR) is 128 cm³/mol. The number of nitrogens with zero attached hydrogens (tertiary/aromatic N) is 1. The highest BCUT2D eigenvalue weighted by atomic mass is 16.7. The molecule has 7 nitrogen and oxygen atoms in total. The SMILES string of the molecule is C[C@H]1[C@@H](CN2CCC3(CC2)OCCO3)OC(c2ccc(CN)cc2)O[C@H]1c1ccc(CO)cc1. The summed E-state index contributed by atoms with van der Waals surface area (Å²) < 4.78 is 24.9. The van der Waals surface area contributed by atoms with Gasteiger partial charge in [0.1, 0.15) is 0 Å². The van der Waals surface area contributed by atoms with Crippen molar-refractivity contribution in [3.8, 4) is 0 Å². The smallest absolute Gasteiger partial charge is 0.184 e. The molecule has 0 aliphatic carbocycles. The second-order valence-corrected chi connectivity index (χ2v) is 9.68. The molecule has 34 heavy (non-hydrogen) atoms. The Bertz CT molecular complexity index is 919. The lowest BCUT2D eigenvalue weighted by atomic mass is 9.89. The van der Waals surface area contributed by atoms with Crippen molar-refractivity contribution in [3.05, 3.63) is 70.8 Å². The van der Waals surface area contributed by atoms with E-state index in [1.807, 2.05) is 36.4 Å². The van der Waals surface area contributed by atoms with Gasteiger partial charge in [-0.05, 0) is 16.7 Å². The van der Waals surface area contributed by atoms with Crippen molar-refractivity contribution in [2.24, 2.45) is 11.7 Å². The first kappa shape index (κ1) is 23.9. The maximum atomic E-state index is 9.44. The summed E-state index contributed by atoms with van der Waals surface area (Å²) in [6.07, 6.45) is 1.23. The largest absolute Gasteiger partial charge is 0.392 e. The van der Waals surface area contributed by atoms with Gasteiger partial charge in [0.05, 0.1) is 32.0 Å². The highest BCUT2D eigenvalue weighted by Gasteiger charge is 2.43. The van der Waals surface area contributed by atoms with Crippen LogP contribution in [0.25, 0.3) is 0 Å². The summed E-state index contributed by atoms with van der Waals surface area (Å²) in [5, 5.41) is 9.44. The maximum Gasteiger partial charge on any atom is 0.184 e. The predicted octanol–water partition coefficient (Wildman–Crippen LogP) is 3.27. The summed E-state index contributed by atoms with van der Waals surface area (Å²) in [6.45, 7) is 6.84. The first-order chi connectivity index (χ1) is 16.6. The maximum absolute atomic E-state index is 9.44. The van der Waals surface area contributed by atoms with Gasteiger partial charge in [-0.3, -0.25) is 0 Å². The molecule has 0 bridgehead atoms. The topological polar surface area (TPSA) is 86.4 Å². The Hall–Kier alpha value is -1.84. The van der Waals surface area contributed by atoms with E-state index in [-0.39, 0.29) is 30.5 Å². The minimum atomic E-state index is -0.451. The quantitative estimate of drug-likeness (QED) is 0.673. The van der Waals surface area contributed by atoms with E-state index in [0.29, 0.717) is 19.8 Å². The molecule has 3 saturated heterocycles. The van der Waals surface area contributed by atoms with E-state index < -0.39 is 6.29 Å². The molecule has 3 N–H and O–H groups in total. The zero-order chi connectivity index (χ0) is 23.5. The van der Waals surface area contributed by atoms with E-state index in [1.54, 1.807) is 0 Å². The van der Waals surface area contributed by atoms with Crippen LogP contribution >= 0.6 is 0 Å². The van der Waals surface area contributed by atoms with Gasteiger partial charge < -0.3 is 34.7 Å². The number of piperidine rings is 1. The monoisotopic (exact) mass is 468 g/mol. The molecule has 0 radical (unpaired) electrons. The Labute approximate surface area is 201 Å². The lowest BCUT2D eigenvalue weighted by Crippen LogP contribution is -2.50. The lowest BCUT2D eigenvalue weighted by molar-refractivity contribution is -0.278. The van der Waals surface area contributed by atoms with Crippen molar-refractivity contribution >= 4 is 0 Å². The minimum Gasteiger partial charge on any atom is -0.392 e. The summed E-state index contributed by atoms with van der Waals surface area (Å²) >= 11 is 0. The Morgan fingerprint density at radius 1 is 0.912 bits per heavy atom. The average Bonchev–Trinajstić information content (AvgIpc) is 3.35. The number of hydrogen-bond acceptors (Lipinski definition) is 7. The van der Waals surface area contributed by atoms with Crippen molar-refractivity contribution in [3.63, 3.8) is 0 Å². The summed E-state index contributed by atoms with van der Waals surface area (Å²) in [7, 11) is 0. The van der Waals surface area contributed by atoms with Crippen LogP contribution in [-0.4, -0.2) is 54.7 Å². The van der Waals surface area contributed by atoms with Crippen molar-refractivity contribution in [2.75, 3.05) is 32.8 Å². The normalized spacial score (nSPS) is 29.5. The first-order valence-corrected chi connectivity index (χ1v) is 12.4. The fraction of sp³-hybridized carbons (Fsp3) is 0.556. The van der Waals surface area contributed by atoms with Gasteiger partial charge in [0.2, 0.25) is 0 Å². The highest BCUT2D eigenvalue weighted by Crippen LogP contribution is 2.42. The summed E-state index contributed by atoms with van der Waals surface area (Å²) in [4.78, 5) is 2.46. The van der Waals surface area contributed by atoms with E-state index in [4.69, 9.17) is 24.7 Å². The van der Waals surface area contributed by atoms with Gasteiger partial charge in [-0.2, -0.15) is 0 Å². The van der Waals surface area contributed by atoms with E-state index >= 15 is 0 Å². The highest BCUT2D eigenvalue weighted by molar-refractivity contribution is 5.27. The van der Waals surface area contributed by atoms with Crippen LogP contribution in [0.5, 0.6) is 0 Å². The lowest BCUT2D eigenvalue weighted by Gasteiger charge is -2.44. The summed E-state index contributed by atoms with van der Waals surface area (Å²) in [5.74, 6) is -0.211. The van der Waals surface area contributed by atoms with Gasteiger partial charge in [-0.15, -0.1) is 0 Å². The van der Waals surface area contributed by atoms with Gasteiger partial charge in [-0.1, -0.05) is 55.5 Å². The molecule has 1 unspecified atom stereocenters. The van der Waals surface area contributed by atoms with Gasteiger partial charge in [0.15, 0.2) is 12.1 Å². The molecule has 7 heteroatoms. The van der Waals surface area contributed by atoms with Crippen molar-refractivity contribution < 1.29 is 24.1 Å². The second-order valence-electron chi connectivity index (χ2n) is 9.68. The van der Waals surface area contributed by atoms with Crippen molar-refractivity contribution in [1.82, 2.24) is 4.90 Å². The number of benzene rings is 2. The number of ether oxygens (including phenoxy) is 4. The van der Waals surface area contributed by atoms with Crippen LogP contribution in [0, 0.1) is 5.92 Å². The molecule has 4 atom stereocenters. The molecule has 3 aliphatic rings. The van der Waals surface area contributed by atoms with Crippen LogP contribution in [0.15, 0.2) is 48.5 Å². The molecular weight excluding hydrogens is 432 g/mol. The van der Waals surface area contributed by atoms with E-state index in [2.05, 4.69) is 24.0 Å². The third-order valence-corrected chi connectivity index (χ3v) is 7.48. The number of aliphatic hydroxyl groups excluding tert-OH is 1. The van der Waals surface area contributed by atoms with Crippen LogP contribution < -0.4 is 5.73 Å². The number of hydrogen-bond donors (Lipinski definition) is 2. The fourth-order valence-corrected chi connectivity index (χ4v) is 5.26. The minimum absolute atomic E-state index is 0.00918. The molecule has 3 heterocycles. The zero-order valence-corrected chi connectivity index (χ0v) is 19.9. The molecule has 3 aliphatic heterocycles. The molecule has 2 aromatic rings. The number of rotatable bonds is 6. The van der Waals surface area contributed by atoms with Crippen LogP contribution in [0.2, 0.25) is 0 Å². The average molecular weight is 469 g/mol. The van der Waals surface area contributed by atoms with Crippen molar-refractivity contribution in [2.45, 2.75) is 57.2 Å². The summed E-state index contributed by atoms with van der Waals surface area (Å²) in [5.41, 5.74) is 9.86. The molecule has 0 aromatic heterocycles. The van der Waals surface area contributed by atoms with Crippen LogP contribution in [-0.2, 0) is 32.1 Å². The Kier molecular flexibility index (Phi) is 7.32. The molecule has 5 rings (SSSR count). The third kappa shape index (κ3) is 5.06.